The van der Waals surface area contributed by atoms with Crippen LogP contribution in [0.5, 0.6) is 0 Å². The van der Waals surface area contributed by atoms with Crippen LogP contribution in [-0.2, 0) is 0 Å². The lowest BCUT2D eigenvalue weighted by Gasteiger charge is -1.93. The molecule has 0 saturated carbocycles. The SMILES string of the molecule is C1=c2cc3c(cc2N=N1)=NC(c1cccnc1)=N3. The minimum Gasteiger partial charge on any atom is -0.264 e. The lowest BCUT2D eigenvalue weighted by Crippen LogP contribution is -2.06. The summed E-state index contributed by atoms with van der Waals surface area (Å²) in [6.45, 7) is 0. The smallest absolute Gasteiger partial charge is 0.162 e. The Morgan fingerprint density at radius 1 is 1.00 bits per heavy atom. The number of benzene rings is 1. The third-order valence-corrected chi connectivity index (χ3v) is 2.86. The normalized spacial score (nSPS) is 14.6. The lowest BCUT2D eigenvalue weighted by atomic mass is 10.2. The Bertz CT molecular complexity index is 818. The summed E-state index contributed by atoms with van der Waals surface area (Å²) in [6, 6.07) is 7.68. The van der Waals surface area contributed by atoms with Gasteiger partial charge in [0.2, 0.25) is 0 Å². The van der Waals surface area contributed by atoms with Crippen LogP contribution >= 0.6 is 0 Å². The predicted octanol–water partition coefficient (Wildman–Crippen LogP) is 1.63. The Kier molecular flexibility index (Phi) is 1.77. The Balaban J connectivity index is 1.90. The fourth-order valence-electron chi connectivity index (χ4n) is 1.98. The van der Waals surface area contributed by atoms with Gasteiger partial charge in [-0.25, -0.2) is 9.98 Å². The summed E-state index contributed by atoms with van der Waals surface area (Å²) < 4.78 is 0. The minimum absolute atomic E-state index is 0.693. The molecule has 0 amide bonds. The number of rotatable bonds is 1. The molecule has 18 heavy (non-hydrogen) atoms. The van der Waals surface area contributed by atoms with E-state index in [0.717, 1.165) is 27.5 Å². The van der Waals surface area contributed by atoms with E-state index in [2.05, 4.69) is 25.2 Å². The van der Waals surface area contributed by atoms with E-state index in [9.17, 15) is 0 Å². The molecule has 0 N–H and O–H groups in total. The van der Waals surface area contributed by atoms with Gasteiger partial charge >= 0.3 is 0 Å². The van der Waals surface area contributed by atoms with Crippen molar-refractivity contribution >= 4 is 23.4 Å². The van der Waals surface area contributed by atoms with Crippen molar-refractivity contribution < 1.29 is 0 Å². The van der Waals surface area contributed by atoms with Gasteiger partial charge in [-0.1, -0.05) is 0 Å². The summed E-state index contributed by atoms with van der Waals surface area (Å²) >= 11 is 0. The summed E-state index contributed by atoms with van der Waals surface area (Å²) in [4.78, 5) is 13.1. The first-order valence-corrected chi connectivity index (χ1v) is 5.53. The Hall–Kier alpha value is -2.69. The van der Waals surface area contributed by atoms with Crippen molar-refractivity contribution in [2.75, 3.05) is 0 Å². The number of hydrogen-bond donors (Lipinski definition) is 0. The van der Waals surface area contributed by atoms with Gasteiger partial charge in [-0.3, -0.25) is 4.98 Å². The molecule has 0 radical (unpaired) electrons. The fraction of sp³-hybridized carbons (Fsp3) is 0. The molecular weight excluding hydrogens is 226 g/mol. The van der Waals surface area contributed by atoms with Crippen LogP contribution in [0.4, 0.5) is 11.4 Å². The second-order valence-electron chi connectivity index (χ2n) is 4.03. The Morgan fingerprint density at radius 3 is 2.89 bits per heavy atom. The number of fused-ring (bicyclic) bond motifs is 2. The van der Waals surface area contributed by atoms with E-state index in [1.165, 1.54) is 0 Å². The standard InChI is InChI=1S/C13H7N5/c1-2-8(6-14-3-1)13-16-11-4-9-7-15-18-10(9)5-12(11)17-13/h1-7H. The van der Waals surface area contributed by atoms with Gasteiger partial charge in [-0.05, 0) is 24.3 Å². The highest BCUT2D eigenvalue weighted by Crippen LogP contribution is 2.17. The lowest BCUT2D eigenvalue weighted by molar-refractivity contribution is 1.30. The molecule has 0 unspecified atom stereocenters. The molecule has 2 aliphatic heterocycles. The second kappa shape index (κ2) is 3.40. The van der Waals surface area contributed by atoms with Gasteiger partial charge in [0, 0.05) is 23.2 Å². The van der Waals surface area contributed by atoms with Crippen molar-refractivity contribution in [2.45, 2.75) is 0 Å². The van der Waals surface area contributed by atoms with E-state index >= 15 is 0 Å². The Morgan fingerprint density at radius 2 is 2.00 bits per heavy atom. The molecule has 0 bridgehead atoms. The van der Waals surface area contributed by atoms with Crippen molar-refractivity contribution in [3.63, 3.8) is 0 Å². The third-order valence-electron chi connectivity index (χ3n) is 2.86. The quantitative estimate of drug-likeness (QED) is 0.738. The monoisotopic (exact) mass is 233 g/mol. The van der Waals surface area contributed by atoms with Gasteiger partial charge in [0.1, 0.15) is 0 Å². The van der Waals surface area contributed by atoms with Crippen LogP contribution in [0, 0.1) is 0 Å². The van der Waals surface area contributed by atoms with Gasteiger partial charge in [-0.2, -0.15) is 10.2 Å². The van der Waals surface area contributed by atoms with E-state index in [4.69, 9.17) is 0 Å². The van der Waals surface area contributed by atoms with Gasteiger partial charge in [0.15, 0.2) is 5.84 Å². The van der Waals surface area contributed by atoms with Gasteiger partial charge in [0.25, 0.3) is 0 Å². The maximum Gasteiger partial charge on any atom is 0.162 e. The molecule has 0 saturated heterocycles. The molecule has 2 aromatic rings. The van der Waals surface area contributed by atoms with E-state index in [1.54, 1.807) is 18.6 Å². The van der Waals surface area contributed by atoms with Gasteiger partial charge in [-0.15, -0.1) is 0 Å². The molecule has 1 aromatic heterocycles. The topological polar surface area (TPSA) is 62.3 Å². The Labute approximate surface area is 102 Å². The molecule has 0 atom stereocenters. The highest BCUT2D eigenvalue weighted by molar-refractivity contribution is 6.02. The summed E-state index contributed by atoms with van der Waals surface area (Å²) in [5.74, 6) is 0.693. The molecule has 1 aromatic carbocycles. The molecule has 5 heteroatoms. The first-order valence-electron chi connectivity index (χ1n) is 5.53. The first kappa shape index (κ1) is 9.35. The van der Waals surface area contributed by atoms with Gasteiger partial charge < -0.3 is 0 Å². The van der Waals surface area contributed by atoms with Crippen molar-refractivity contribution in [3.8, 4) is 0 Å². The largest absolute Gasteiger partial charge is 0.264 e. The fourth-order valence-corrected chi connectivity index (χ4v) is 1.98. The van der Waals surface area contributed by atoms with E-state index < -0.39 is 0 Å². The van der Waals surface area contributed by atoms with Crippen molar-refractivity contribution in [3.05, 3.63) is 52.8 Å². The molecule has 0 spiro atoms. The molecule has 0 aliphatic carbocycles. The molecular formula is C13H7N5. The minimum atomic E-state index is 0.693. The van der Waals surface area contributed by atoms with Crippen molar-refractivity contribution in [1.82, 2.24) is 4.98 Å². The van der Waals surface area contributed by atoms with E-state index in [-0.39, 0.29) is 0 Å². The zero-order valence-corrected chi connectivity index (χ0v) is 9.28. The van der Waals surface area contributed by atoms with E-state index in [0.29, 0.717) is 5.84 Å². The summed E-state index contributed by atoms with van der Waals surface area (Å²) in [6.07, 6.45) is 5.22. The predicted molar refractivity (Wildman–Crippen MR) is 66.6 cm³/mol. The van der Waals surface area contributed by atoms with Crippen molar-refractivity contribution in [1.29, 1.82) is 0 Å². The average molecular weight is 233 g/mol. The number of azo groups is 1. The maximum absolute atomic E-state index is 4.51. The molecule has 2 aliphatic rings. The third kappa shape index (κ3) is 1.31. The number of hydrogen-bond acceptors (Lipinski definition) is 5. The van der Waals surface area contributed by atoms with Crippen LogP contribution in [-0.4, -0.2) is 10.8 Å². The number of nitrogens with zero attached hydrogens (tertiary/aromatic N) is 5. The first-order chi connectivity index (χ1) is 8.90. The number of pyridine rings is 1. The number of amidine groups is 1. The average Bonchev–Trinajstić information content (AvgIpc) is 3.01. The van der Waals surface area contributed by atoms with Crippen LogP contribution < -0.4 is 10.6 Å². The highest BCUT2D eigenvalue weighted by Gasteiger charge is 2.12. The zero-order chi connectivity index (χ0) is 11.9. The molecule has 0 fully saturated rings. The summed E-state index contributed by atoms with van der Waals surface area (Å²) in [5, 5.41) is 9.71. The number of aliphatic imine (C=N–C) groups is 1. The highest BCUT2D eigenvalue weighted by atomic mass is 15.1. The van der Waals surface area contributed by atoms with Gasteiger partial charge in [0.05, 0.1) is 22.9 Å². The summed E-state index contributed by atoms with van der Waals surface area (Å²) in [7, 11) is 0. The van der Waals surface area contributed by atoms with Crippen LogP contribution in [0.25, 0.3) is 6.20 Å². The molecule has 3 heterocycles. The molecule has 4 rings (SSSR count). The van der Waals surface area contributed by atoms with Crippen molar-refractivity contribution in [2.24, 2.45) is 20.2 Å². The van der Waals surface area contributed by atoms with Crippen LogP contribution in [0.2, 0.25) is 0 Å². The molecule has 84 valence electrons. The van der Waals surface area contributed by atoms with Crippen LogP contribution in [0.1, 0.15) is 5.56 Å². The number of aromatic nitrogens is 1. The second-order valence-corrected chi connectivity index (χ2v) is 4.03. The maximum atomic E-state index is 4.51. The van der Waals surface area contributed by atoms with Crippen LogP contribution in [0.3, 0.4) is 0 Å². The zero-order valence-electron chi connectivity index (χ0n) is 9.28. The van der Waals surface area contributed by atoms with E-state index in [1.807, 2.05) is 24.3 Å². The molecule has 5 nitrogen and oxygen atoms in total. The van der Waals surface area contributed by atoms with Crippen LogP contribution in [0.15, 0.2) is 56.9 Å². The summed E-state index contributed by atoms with van der Waals surface area (Å²) in [5.41, 5.74) is 2.62.